The number of nitrogens with one attached hydrogen (secondary N) is 1. The van der Waals surface area contributed by atoms with Gasteiger partial charge in [0.25, 0.3) is 0 Å². The Labute approximate surface area is 82.3 Å². The summed E-state index contributed by atoms with van der Waals surface area (Å²) < 4.78 is 0. The third kappa shape index (κ3) is 3.28. The SMILES string of the molecule is CCC(C)C(N)CNC1CC(C)C1. The molecule has 0 spiro atoms. The second-order valence-electron chi connectivity index (χ2n) is 4.73. The van der Waals surface area contributed by atoms with Crippen LogP contribution in [0.4, 0.5) is 0 Å². The molecule has 1 aliphatic carbocycles. The Morgan fingerprint density at radius 3 is 2.54 bits per heavy atom. The van der Waals surface area contributed by atoms with Gasteiger partial charge in [-0.3, -0.25) is 0 Å². The molecule has 3 N–H and O–H groups in total. The van der Waals surface area contributed by atoms with Crippen molar-refractivity contribution in [2.75, 3.05) is 6.54 Å². The Morgan fingerprint density at radius 2 is 2.08 bits per heavy atom. The molecule has 0 aliphatic heterocycles. The number of hydrogen-bond donors (Lipinski definition) is 2. The minimum Gasteiger partial charge on any atom is -0.326 e. The number of rotatable bonds is 5. The van der Waals surface area contributed by atoms with E-state index in [2.05, 4.69) is 26.1 Å². The van der Waals surface area contributed by atoms with Crippen molar-refractivity contribution < 1.29 is 0 Å². The fourth-order valence-corrected chi connectivity index (χ4v) is 1.88. The van der Waals surface area contributed by atoms with Crippen LogP contribution in [-0.2, 0) is 0 Å². The van der Waals surface area contributed by atoms with Gasteiger partial charge in [0, 0.05) is 18.6 Å². The fraction of sp³-hybridized carbons (Fsp3) is 1.00. The van der Waals surface area contributed by atoms with Gasteiger partial charge >= 0.3 is 0 Å². The van der Waals surface area contributed by atoms with Crippen molar-refractivity contribution in [2.45, 2.75) is 52.1 Å². The summed E-state index contributed by atoms with van der Waals surface area (Å²) in [5.41, 5.74) is 6.03. The van der Waals surface area contributed by atoms with E-state index in [1.165, 1.54) is 19.3 Å². The van der Waals surface area contributed by atoms with E-state index in [1.807, 2.05) is 0 Å². The molecule has 2 nitrogen and oxygen atoms in total. The molecule has 2 heteroatoms. The van der Waals surface area contributed by atoms with Crippen LogP contribution in [0.15, 0.2) is 0 Å². The largest absolute Gasteiger partial charge is 0.326 e. The summed E-state index contributed by atoms with van der Waals surface area (Å²) in [5.74, 6) is 1.57. The topological polar surface area (TPSA) is 38.0 Å². The molecule has 13 heavy (non-hydrogen) atoms. The van der Waals surface area contributed by atoms with Crippen molar-refractivity contribution in [3.05, 3.63) is 0 Å². The van der Waals surface area contributed by atoms with Crippen molar-refractivity contribution in [1.29, 1.82) is 0 Å². The summed E-state index contributed by atoms with van der Waals surface area (Å²) in [6.07, 6.45) is 3.87. The Balaban J connectivity index is 2.05. The Hall–Kier alpha value is -0.0800. The summed E-state index contributed by atoms with van der Waals surface area (Å²) >= 11 is 0. The molecule has 0 bridgehead atoms. The van der Waals surface area contributed by atoms with Gasteiger partial charge in [0.1, 0.15) is 0 Å². The molecule has 0 amide bonds. The minimum atomic E-state index is 0.334. The van der Waals surface area contributed by atoms with Gasteiger partial charge in [-0.25, -0.2) is 0 Å². The third-order valence-electron chi connectivity index (χ3n) is 3.39. The van der Waals surface area contributed by atoms with E-state index in [1.54, 1.807) is 0 Å². The fourth-order valence-electron chi connectivity index (χ4n) is 1.88. The lowest BCUT2D eigenvalue weighted by Gasteiger charge is -2.34. The molecule has 0 aromatic rings. The van der Waals surface area contributed by atoms with Gasteiger partial charge in [0.15, 0.2) is 0 Å². The van der Waals surface area contributed by atoms with Gasteiger partial charge in [-0.1, -0.05) is 27.2 Å². The normalized spacial score (nSPS) is 32.3. The first-order chi connectivity index (χ1) is 6.13. The highest BCUT2D eigenvalue weighted by atomic mass is 15.0. The van der Waals surface area contributed by atoms with Gasteiger partial charge in [-0.2, -0.15) is 0 Å². The quantitative estimate of drug-likeness (QED) is 0.683. The third-order valence-corrected chi connectivity index (χ3v) is 3.39. The van der Waals surface area contributed by atoms with E-state index in [0.29, 0.717) is 12.0 Å². The summed E-state index contributed by atoms with van der Waals surface area (Å²) in [6.45, 7) is 7.74. The van der Waals surface area contributed by atoms with E-state index in [0.717, 1.165) is 18.5 Å². The summed E-state index contributed by atoms with van der Waals surface area (Å²) in [7, 11) is 0. The molecule has 1 aliphatic rings. The monoisotopic (exact) mass is 184 g/mol. The molecule has 0 heterocycles. The van der Waals surface area contributed by atoms with E-state index >= 15 is 0 Å². The van der Waals surface area contributed by atoms with Crippen LogP contribution in [0, 0.1) is 11.8 Å². The lowest BCUT2D eigenvalue weighted by molar-refractivity contribution is 0.232. The molecule has 78 valence electrons. The van der Waals surface area contributed by atoms with Crippen molar-refractivity contribution in [3.8, 4) is 0 Å². The molecule has 2 atom stereocenters. The van der Waals surface area contributed by atoms with Crippen molar-refractivity contribution in [2.24, 2.45) is 17.6 Å². The standard InChI is InChI=1S/C11H24N2/c1-4-9(3)11(12)7-13-10-5-8(2)6-10/h8-11,13H,4-7,12H2,1-3H3. The highest BCUT2D eigenvalue weighted by Gasteiger charge is 2.25. The first-order valence-corrected chi connectivity index (χ1v) is 5.62. The smallest absolute Gasteiger partial charge is 0.0191 e. The second-order valence-corrected chi connectivity index (χ2v) is 4.73. The zero-order valence-corrected chi connectivity index (χ0v) is 9.22. The summed E-state index contributed by atoms with van der Waals surface area (Å²) in [6, 6.07) is 1.09. The molecular formula is C11H24N2. The average Bonchev–Trinajstić information content (AvgIpc) is 2.08. The Kier molecular flexibility index (Phi) is 4.20. The van der Waals surface area contributed by atoms with Crippen LogP contribution in [0.25, 0.3) is 0 Å². The van der Waals surface area contributed by atoms with Gasteiger partial charge in [-0.15, -0.1) is 0 Å². The summed E-state index contributed by atoms with van der Waals surface area (Å²) in [4.78, 5) is 0. The first-order valence-electron chi connectivity index (χ1n) is 5.62. The molecular weight excluding hydrogens is 160 g/mol. The zero-order chi connectivity index (χ0) is 9.84. The van der Waals surface area contributed by atoms with E-state index in [4.69, 9.17) is 5.73 Å². The van der Waals surface area contributed by atoms with Gasteiger partial charge in [0.05, 0.1) is 0 Å². The van der Waals surface area contributed by atoms with E-state index in [-0.39, 0.29) is 0 Å². The lowest BCUT2D eigenvalue weighted by Crippen LogP contribution is -2.47. The van der Waals surface area contributed by atoms with Crippen LogP contribution < -0.4 is 11.1 Å². The highest BCUT2D eigenvalue weighted by molar-refractivity contribution is 4.84. The zero-order valence-electron chi connectivity index (χ0n) is 9.22. The Bertz CT molecular complexity index is 141. The van der Waals surface area contributed by atoms with Crippen LogP contribution in [0.5, 0.6) is 0 Å². The lowest BCUT2D eigenvalue weighted by atomic mass is 9.81. The number of nitrogens with two attached hydrogens (primary N) is 1. The molecule has 0 radical (unpaired) electrons. The molecule has 1 saturated carbocycles. The van der Waals surface area contributed by atoms with Crippen LogP contribution in [0.2, 0.25) is 0 Å². The van der Waals surface area contributed by atoms with Gasteiger partial charge < -0.3 is 11.1 Å². The van der Waals surface area contributed by atoms with Crippen LogP contribution in [0.1, 0.15) is 40.0 Å². The first kappa shape index (κ1) is 11.0. The maximum Gasteiger partial charge on any atom is 0.0191 e. The van der Waals surface area contributed by atoms with Crippen molar-refractivity contribution in [1.82, 2.24) is 5.32 Å². The summed E-state index contributed by atoms with van der Waals surface area (Å²) in [5, 5.41) is 3.54. The van der Waals surface area contributed by atoms with Gasteiger partial charge in [-0.05, 0) is 24.7 Å². The van der Waals surface area contributed by atoms with E-state index in [9.17, 15) is 0 Å². The van der Waals surface area contributed by atoms with Crippen LogP contribution in [-0.4, -0.2) is 18.6 Å². The molecule has 1 fully saturated rings. The van der Waals surface area contributed by atoms with Crippen LogP contribution >= 0.6 is 0 Å². The maximum absolute atomic E-state index is 6.03. The predicted molar refractivity (Wildman–Crippen MR) is 57.6 cm³/mol. The minimum absolute atomic E-state index is 0.334. The molecule has 2 unspecified atom stereocenters. The Morgan fingerprint density at radius 1 is 1.46 bits per heavy atom. The molecule has 1 rings (SSSR count). The number of hydrogen-bond acceptors (Lipinski definition) is 2. The van der Waals surface area contributed by atoms with Gasteiger partial charge in [0.2, 0.25) is 0 Å². The van der Waals surface area contributed by atoms with Crippen molar-refractivity contribution >= 4 is 0 Å². The molecule has 0 aromatic heterocycles. The van der Waals surface area contributed by atoms with Crippen LogP contribution in [0.3, 0.4) is 0 Å². The predicted octanol–water partition coefficient (Wildman–Crippen LogP) is 1.75. The molecule has 0 saturated heterocycles. The van der Waals surface area contributed by atoms with E-state index < -0.39 is 0 Å². The molecule has 0 aromatic carbocycles. The second kappa shape index (κ2) is 4.97. The van der Waals surface area contributed by atoms with Crippen molar-refractivity contribution in [3.63, 3.8) is 0 Å². The average molecular weight is 184 g/mol. The maximum atomic E-state index is 6.03. The highest BCUT2D eigenvalue weighted by Crippen LogP contribution is 2.26.